The van der Waals surface area contributed by atoms with Crippen molar-refractivity contribution in [1.82, 2.24) is 4.98 Å². The van der Waals surface area contributed by atoms with Gasteiger partial charge in [0.25, 0.3) is 0 Å². The zero-order valence-corrected chi connectivity index (χ0v) is 12.5. The Bertz CT molecular complexity index is 654. The van der Waals surface area contributed by atoms with Crippen LogP contribution in [0.1, 0.15) is 24.3 Å². The smallest absolute Gasteiger partial charge is 0.330 e. The lowest BCUT2D eigenvalue weighted by atomic mass is 9.95. The minimum absolute atomic E-state index is 0.288. The Balaban J connectivity index is 1.55. The number of allylic oxidation sites excluding steroid dienone is 2. The maximum atomic E-state index is 11.7. The van der Waals surface area contributed by atoms with Crippen molar-refractivity contribution in [2.45, 2.75) is 19.3 Å². The summed E-state index contributed by atoms with van der Waals surface area (Å²) in [4.78, 5) is 16.2. The third-order valence-corrected chi connectivity index (χ3v) is 4.51. The molecule has 1 aromatic carbocycles. The molecule has 1 aliphatic carbocycles. The highest BCUT2D eigenvalue weighted by atomic mass is 32.1. The number of esters is 1. The van der Waals surface area contributed by atoms with Crippen molar-refractivity contribution in [2.75, 3.05) is 6.61 Å². The Hall–Kier alpha value is -1.94. The molecule has 0 aliphatic heterocycles. The molecule has 0 saturated carbocycles. The van der Waals surface area contributed by atoms with Crippen LogP contribution < -0.4 is 0 Å². The van der Waals surface area contributed by atoms with Crippen LogP contribution in [-0.2, 0) is 9.53 Å². The monoisotopic (exact) mass is 299 g/mol. The number of benzene rings is 1. The predicted octanol–water partition coefficient (Wildman–Crippen LogP) is 4.21. The average Bonchev–Trinajstić information content (AvgIpc) is 2.95. The molecule has 0 bridgehead atoms. The third-order valence-electron chi connectivity index (χ3n) is 3.51. The fourth-order valence-electron chi connectivity index (χ4n) is 2.36. The van der Waals surface area contributed by atoms with Crippen LogP contribution in [0.25, 0.3) is 16.3 Å². The van der Waals surface area contributed by atoms with Gasteiger partial charge in [0.2, 0.25) is 0 Å². The Labute approximate surface area is 128 Å². The van der Waals surface area contributed by atoms with E-state index in [1.807, 2.05) is 24.3 Å². The number of carbonyl (C=O) groups excluding carboxylic acids is 1. The Morgan fingerprint density at radius 2 is 2.29 bits per heavy atom. The van der Waals surface area contributed by atoms with Gasteiger partial charge < -0.3 is 4.74 Å². The van der Waals surface area contributed by atoms with Crippen molar-refractivity contribution in [1.29, 1.82) is 0 Å². The topological polar surface area (TPSA) is 39.2 Å². The first-order valence-corrected chi connectivity index (χ1v) is 7.98. The highest BCUT2D eigenvalue weighted by Gasteiger charge is 2.11. The van der Waals surface area contributed by atoms with Crippen LogP contribution in [-0.4, -0.2) is 17.6 Å². The molecule has 4 heteroatoms. The Kier molecular flexibility index (Phi) is 4.46. The lowest BCUT2D eigenvalue weighted by molar-refractivity contribution is -0.139. The van der Waals surface area contributed by atoms with E-state index in [9.17, 15) is 4.79 Å². The average molecular weight is 299 g/mol. The number of hydrogen-bond acceptors (Lipinski definition) is 4. The number of fused-ring (bicyclic) bond motifs is 1. The van der Waals surface area contributed by atoms with Crippen molar-refractivity contribution >= 4 is 33.6 Å². The summed E-state index contributed by atoms with van der Waals surface area (Å²) in [7, 11) is 0. The Morgan fingerprint density at radius 1 is 1.38 bits per heavy atom. The second-order valence-electron chi connectivity index (χ2n) is 5.13. The van der Waals surface area contributed by atoms with Gasteiger partial charge in [0.15, 0.2) is 0 Å². The van der Waals surface area contributed by atoms with Crippen molar-refractivity contribution in [2.24, 2.45) is 5.92 Å². The van der Waals surface area contributed by atoms with E-state index in [0.717, 1.165) is 34.5 Å². The molecule has 1 atom stereocenters. The first-order chi connectivity index (χ1) is 10.3. The molecule has 0 radical (unpaired) electrons. The molecule has 0 N–H and O–H groups in total. The van der Waals surface area contributed by atoms with Crippen LogP contribution in [0.5, 0.6) is 0 Å². The van der Waals surface area contributed by atoms with Gasteiger partial charge in [0.05, 0.1) is 16.8 Å². The summed E-state index contributed by atoms with van der Waals surface area (Å²) in [6, 6.07) is 7.95. The van der Waals surface area contributed by atoms with Gasteiger partial charge in [0.1, 0.15) is 5.01 Å². The highest BCUT2D eigenvalue weighted by Crippen LogP contribution is 2.22. The maximum absolute atomic E-state index is 11.7. The molecule has 21 heavy (non-hydrogen) atoms. The summed E-state index contributed by atoms with van der Waals surface area (Å²) >= 11 is 1.57. The SMILES string of the molecule is O=C(/C=C/c1nc2ccccc2s1)OCC1CC=CCC1. The number of para-hydroxylation sites is 1. The fraction of sp³-hybridized carbons (Fsp3) is 0.294. The molecular weight excluding hydrogens is 282 g/mol. The first-order valence-electron chi connectivity index (χ1n) is 7.16. The lowest BCUT2D eigenvalue weighted by Crippen LogP contribution is -2.13. The van der Waals surface area contributed by atoms with Gasteiger partial charge in [0, 0.05) is 6.08 Å². The van der Waals surface area contributed by atoms with Crippen molar-refractivity contribution in [3.8, 4) is 0 Å². The summed E-state index contributed by atoms with van der Waals surface area (Å²) in [5.74, 6) is 0.179. The summed E-state index contributed by atoms with van der Waals surface area (Å²) in [5.41, 5.74) is 0.963. The number of nitrogens with zero attached hydrogens (tertiary/aromatic N) is 1. The van der Waals surface area contributed by atoms with Crippen LogP contribution in [0.3, 0.4) is 0 Å². The van der Waals surface area contributed by atoms with Gasteiger partial charge in [-0.2, -0.15) is 0 Å². The minimum Gasteiger partial charge on any atom is -0.462 e. The molecular formula is C17H17NO2S. The van der Waals surface area contributed by atoms with Crippen LogP contribution >= 0.6 is 11.3 Å². The maximum Gasteiger partial charge on any atom is 0.330 e. The number of carbonyl (C=O) groups is 1. The molecule has 0 amide bonds. The largest absolute Gasteiger partial charge is 0.462 e. The highest BCUT2D eigenvalue weighted by molar-refractivity contribution is 7.19. The van der Waals surface area contributed by atoms with E-state index < -0.39 is 0 Å². The van der Waals surface area contributed by atoms with Gasteiger partial charge in [-0.3, -0.25) is 0 Å². The van der Waals surface area contributed by atoms with E-state index in [1.165, 1.54) is 6.08 Å². The zero-order valence-electron chi connectivity index (χ0n) is 11.7. The zero-order chi connectivity index (χ0) is 14.5. The van der Waals surface area contributed by atoms with Crippen molar-refractivity contribution in [3.05, 3.63) is 47.5 Å². The van der Waals surface area contributed by atoms with Crippen LogP contribution in [0, 0.1) is 5.92 Å². The second kappa shape index (κ2) is 6.68. The normalized spacial score (nSPS) is 18.4. The first kappa shape index (κ1) is 14.0. The standard InChI is InChI=1S/C17H17NO2S/c19-17(20-12-13-6-2-1-3-7-13)11-10-16-18-14-8-4-5-9-15(14)21-16/h1-2,4-5,8-11,13H,3,6-7,12H2/b11-10+. The molecule has 2 aromatic rings. The number of thiazole rings is 1. The van der Waals surface area contributed by atoms with Gasteiger partial charge in [-0.15, -0.1) is 11.3 Å². The molecule has 3 nitrogen and oxygen atoms in total. The third kappa shape index (κ3) is 3.79. The predicted molar refractivity (Wildman–Crippen MR) is 86.1 cm³/mol. The van der Waals surface area contributed by atoms with Gasteiger partial charge in [-0.25, -0.2) is 9.78 Å². The van der Waals surface area contributed by atoms with Crippen LogP contribution in [0.4, 0.5) is 0 Å². The van der Waals surface area contributed by atoms with E-state index in [4.69, 9.17) is 4.74 Å². The molecule has 0 spiro atoms. The van der Waals surface area contributed by atoms with E-state index in [2.05, 4.69) is 17.1 Å². The van der Waals surface area contributed by atoms with Gasteiger partial charge in [-0.1, -0.05) is 24.3 Å². The molecule has 1 aromatic heterocycles. The number of rotatable bonds is 4. The molecule has 0 saturated heterocycles. The molecule has 3 rings (SSSR count). The quantitative estimate of drug-likeness (QED) is 0.482. The molecule has 1 heterocycles. The number of ether oxygens (including phenoxy) is 1. The molecule has 1 aliphatic rings. The number of hydrogen-bond donors (Lipinski definition) is 0. The Morgan fingerprint density at radius 3 is 3.10 bits per heavy atom. The lowest BCUT2D eigenvalue weighted by Gasteiger charge is -2.16. The summed E-state index contributed by atoms with van der Waals surface area (Å²) in [6.07, 6.45) is 10.7. The number of aromatic nitrogens is 1. The van der Waals surface area contributed by atoms with Crippen molar-refractivity contribution < 1.29 is 9.53 Å². The summed E-state index contributed by atoms with van der Waals surface area (Å²) in [6.45, 7) is 0.507. The van der Waals surface area contributed by atoms with Crippen molar-refractivity contribution in [3.63, 3.8) is 0 Å². The fourth-order valence-corrected chi connectivity index (χ4v) is 3.23. The summed E-state index contributed by atoms with van der Waals surface area (Å²) in [5, 5.41) is 0.828. The molecule has 0 fully saturated rings. The van der Waals surface area contributed by atoms with E-state index in [-0.39, 0.29) is 5.97 Å². The molecule has 108 valence electrons. The van der Waals surface area contributed by atoms with Gasteiger partial charge >= 0.3 is 5.97 Å². The van der Waals surface area contributed by atoms with E-state index >= 15 is 0 Å². The van der Waals surface area contributed by atoms with Gasteiger partial charge in [-0.05, 0) is 43.4 Å². The van der Waals surface area contributed by atoms with E-state index in [1.54, 1.807) is 17.4 Å². The van der Waals surface area contributed by atoms with E-state index in [0.29, 0.717) is 12.5 Å². The summed E-state index contributed by atoms with van der Waals surface area (Å²) < 4.78 is 6.42. The molecule has 1 unspecified atom stereocenters. The minimum atomic E-state index is -0.288. The van der Waals surface area contributed by atoms with Crippen LogP contribution in [0.15, 0.2) is 42.5 Å². The second-order valence-corrected chi connectivity index (χ2v) is 6.20. The van der Waals surface area contributed by atoms with Crippen LogP contribution in [0.2, 0.25) is 0 Å².